The van der Waals surface area contributed by atoms with Crippen molar-refractivity contribution in [1.29, 1.82) is 0 Å². The van der Waals surface area contributed by atoms with Gasteiger partial charge in [0.2, 0.25) is 5.91 Å². The Labute approximate surface area is 164 Å². The zero-order valence-corrected chi connectivity index (χ0v) is 16.7. The first-order valence-corrected chi connectivity index (χ1v) is 10.3. The van der Waals surface area contributed by atoms with Crippen LogP contribution in [0.5, 0.6) is 5.75 Å². The molecular formula is C20H26N4O2S. The largest absolute Gasteiger partial charge is 0.494 e. The van der Waals surface area contributed by atoms with Crippen LogP contribution in [0.25, 0.3) is 0 Å². The third-order valence-corrected chi connectivity index (χ3v) is 5.33. The van der Waals surface area contributed by atoms with E-state index < -0.39 is 0 Å². The van der Waals surface area contributed by atoms with E-state index in [1.807, 2.05) is 37.3 Å². The number of anilines is 2. The maximum absolute atomic E-state index is 12.2. The Morgan fingerprint density at radius 2 is 2.15 bits per heavy atom. The third-order valence-electron chi connectivity index (χ3n) is 4.41. The van der Waals surface area contributed by atoms with E-state index in [0.717, 1.165) is 35.4 Å². The van der Waals surface area contributed by atoms with Crippen LogP contribution in [0.1, 0.15) is 26.7 Å². The molecule has 1 aliphatic rings. The first-order valence-electron chi connectivity index (χ1n) is 9.36. The van der Waals surface area contributed by atoms with Crippen molar-refractivity contribution in [2.75, 3.05) is 35.7 Å². The number of hydrogen-bond donors (Lipinski definition) is 1. The molecule has 0 spiro atoms. The third kappa shape index (κ3) is 5.85. The highest BCUT2D eigenvalue weighted by atomic mass is 32.2. The number of piperidine rings is 1. The molecule has 1 N–H and O–H groups in total. The van der Waals surface area contributed by atoms with Gasteiger partial charge >= 0.3 is 0 Å². The molecule has 1 aromatic heterocycles. The van der Waals surface area contributed by atoms with Crippen LogP contribution in [0.2, 0.25) is 0 Å². The SMILES string of the molecule is CCOc1ccc(NC(=O)CSc2cc(N3CCC[C@H](C)C3)ncn2)cc1. The van der Waals surface area contributed by atoms with Crippen molar-refractivity contribution in [1.82, 2.24) is 9.97 Å². The molecular weight excluding hydrogens is 360 g/mol. The first kappa shape index (κ1) is 19.5. The fourth-order valence-corrected chi connectivity index (χ4v) is 3.78. The zero-order valence-electron chi connectivity index (χ0n) is 15.9. The highest BCUT2D eigenvalue weighted by Crippen LogP contribution is 2.24. The van der Waals surface area contributed by atoms with Crippen LogP contribution < -0.4 is 15.0 Å². The van der Waals surface area contributed by atoms with Gasteiger partial charge in [-0.05, 0) is 49.9 Å². The molecule has 2 aromatic rings. The smallest absolute Gasteiger partial charge is 0.234 e. The van der Waals surface area contributed by atoms with Crippen molar-refractivity contribution >= 4 is 29.2 Å². The van der Waals surface area contributed by atoms with Crippen molar-refractivity contribution in [3.8, 4) is 5.75 Å². The Balaban J connectivity index is 1.52. The van der Waals surface area contributed by atoms with Crippen molar-refractivity contribution in [3.05, 3.63) is 36.7 Å². The second kappa shape index (κ2) is 9.60. The van der Waals surface area contributed by atoms with E-state index in [0.29, 0.717) is 18.3 Å². The summed E-state index contributed by atoms with van der Waals surface area (Å²) >= 11 is 1.42. The van der Waals surface area contributed by atoms with Crippen LogP contribution in [0, 0.1) is 5.92 Å². The Kier molecular flexibility index (Phi) is 6.92. The predicted molar refractivity (Wildman–Crippen MR) is 110 cm³/mol. The second-order valence-electron chi connectivity index (χ2n) is 6.70. The molecule has 1 amide bonds. The lowest BCUT2D eigenvalue weighted by Crippen LogP contribution is -2.34. The molecule has 27 heavy (non-hydrogen) atoms. The molecule has 144 valence electrons. The normalized spacial score (nSPS) is 16.8. The van der Waals surface area contributed by atoms with E-state index in [2.05, 4.69) is 27.1 Å². The molecule has 0 saturated carbocycles. The summed E-state index contributed by atoms with van der Waals surface area (Å²) in [6.07, 6.45) is 4.05. The lowest BCUT2D eigenvalue weighted by molar-refractivity contribution is -0.113. The van der Waals surface area contributed by atoms with Gasteiger partial charge in [-0.25, -0.2) is 9.97 Å². The Morgan fingerprint density at radius 1 is 1.33 bits per heavy atom. The molecule has 3 rings (SSSR count). The van der Waals surface area contributed by atoms with Crippen molar-refractivity contribution in [2.24, 2.45) is 5.92 Å². The number of carbonyl (C=O) groups is 1. The summed E-state index contributed by atoms with van der Waals surface area (Å²) < 4.78 is 5.40. The zero-order chi connectivity index (χ0) is 19.1. The Hall–Kier alpha value is -2.28. The van der Waals surface area contributed by atoms with Gasteiger partial charge in [0.15, 0.2) is 0 Å². The van der Waals surface area contributed by atoms with Crippen molar-refractivity contribution in [3.63, 3.8) is 0 Å². The fraction of sp³-hybridized carbons (Fsp3) is 0.450. The minimum atomic E-state index is -0.0593. The lowest BCUT2D eigenvalue weighted by Gasteiger charge is -2.31. The highest BCUT2D eigenvalue weighted by Gasteiger charge is 2.18. The van der Waals surface area contributed by atoms with Gasteiger partial charge < -0.3 is 15.0 Å². The minimum Gasteiger partial charge on any atom is -0.494 e. The van der Waals surface area contributed by atoms with Gasteiger partial charge in [0.05, 0.1) is 12.4 Å². The van der Waals surface area contributed by atoms with E-state index in [-0.39, 0.29) is 5.91 Å². The second-order valence-corrected chi connectivity index (χ2v) is 7.70. The minimum absolute atomic E-state index is 0.0593. The number of nitrogens with one attached hydrogen (secondary N) is 1. The summed E-state index contributed by atoms with van der Waals surface area (Å²) in [5.74, 6) is 2.68. The monoisotopic (exact) mass is 386 g/mol. The molecule has 2 heterocycles. The molecule has 1 atom stereocenters. The molecule has 6 nitrogen and oxygen atoms in total. The maximum atomic E-state index is 12.2. The van der Waals surface area contributed by atoms with E-state index in [4.69, 9.17) is 4.74 Å². The van der Waals surface area contributed by atoms with Crippen LogP contribution in [-0.2, 0) is 4.79 Å². The average Bonchev–Trinajstić information content (AvgIpc) is 2.68. The number of ether oxygens (including phenoxy) is 1. The van der Waals surface area contributed by atoms with Gasteiger partial charge in [0.25, 0.3) is 0 Å². The Bertz CT molecular complexity index is 754. The van der Waals surface area contributed by atoms with Gasteiger partial charge in [-0.15, -0.1) is 0 Å². The summed E-state index contributed by atoms with van der Waals surface area (Å²) in [5.41, 5.74) is 0.759. The lowest BCUT2D eigenvalue weighted by atomic mass is 10.0. The van der Waals surface area contributed by atoms with Gasteiger partial charge in [0.1, 0.15) is 22.9 Å². The first-order chi connectivity index (χ1) is 13.1. The number of benzene rings is 1. The summed E-state index contributed by atoms with van der Waals surface area (Å²) in [4.78, 5) is 23.2. The van der Waals surface area contributed by atoms with Crippen LogP contribution in [-0.4, -0.2) is 41.3 Å². The van der Waals surface area contributed by atoms with E-state index >= 15 is 0 Å². The summed E-state index contributed by atoms with van der Waals surface area (Å²) in [6, 6.07) is 9.36. The van der Waals surface area contributed by atoms with Crippen molar-refractivity contribution < 1.29 is 9.53 Å². The number of rotatable bonds is 7. The van der Waals surface area contributed by atoms with Gasteiger partial charge in [0, 0.05) is 24.8 Å². The number of thioether (sulfide) groups is 1. The van der Waals surface area contributed by atoms with Crippen LogP contribution in [0.4, 0.5) is 11.5 Å². The summed E-state index contributed by atoms with van der Waals surface area (Å²) in [5, 5.41) is 3.72. The van der Waals surface area contributed by atoms with E-state index in [1.165, 1.54) is 24.6 Å². The number of aromatic nitrogens is 2. The predicted octanol–water partition coefficient (Wildman–Crippen LogP) is 3.84. The van der Waals surface area contributed by atoms with Gasteiger partial charge in [-0.2, -0.15) is 0 Å². The molecule has 0 aliphatic carbocycles. The molecule has 1 aliphatic heterocycles. The fourth-order valence-electron chi connectivity index (χ4n) is 3.12. The topological polar surface area (TPSA) is 67.3 Å². The number of nitrogens with zero attached hydrogens (tertiary/aromatic N) is 3. The molecule has 0 unspecified atom stereocenters. The average molecular weight is 387 g/mol. The molecule has 1 saturated heterocycles. The molecule has 0 bridgehead atoms. The number of amides is 1. The number of hydrogen-bond acceptors (Lipinski definition) is 6. The van der Waals surface area contributed by atoms with Gasteiger partial charge in [-0.3, -0.25) is 4.79 Å². The highest BCUT2D eigenvalue weighted by molar-refractivity contribution is 7.99. The Morgan fingerprint density at radius 3 is 2.89 bits per heavy atom. The molecule has 7 heteroatoms. The van der Waals surface area contributed by atoms with E-state index in [9.17, 15) is 4.79 Å². The maximum Gasteiger partial charge on any atom is 0.234 e. The van der Waals surface area contributed by atoms with Crippen LogP contribution in [0.3, 0.4) is 0 Å². The van der Waals surface area contributed by atoms with Crippen molar-refractivity contribution in [2.45, 2.75) is 31.7 Å². The summed E-state index contributed by atoms with van der Waals surface area (Å²) in [7, 11) is 0. The summed E-state index contributed by atoms with van der Waals surface area (Å²) in [6.45, 7) is 6.90. The standard InChI is InChI=1S/C20H26N4O2S/c1-3-26-17-8-6-16(7-9-17)23-19(25)13-27-20-11-18(21-14-22-20)24-10-4-5-15(2)12-24/h6-9,11,14-15H,3-5,10,12-13H2,1-2H3,(H,23,25)/t15-/m0/s1. The van der Waals surface area contributed by atoms with Gasteiger partial charge in [-0.1, -0.05) is 18.7 Å². The number of carbonyl (C=O) groups excluding carboxylic acids is 1. The quantitative estimate of drug-likeness (QED) is 0.576. The van der Waals surface area contributed by atoms with E-state index in [1.54, 1.807) is 6.33 Å². The van der Waals surface area contributed by atoms with Crippen LogP contribution in [0.15, 0.2) is 41.7 Å². The van der Waals surface area contributed by atoms with Crippen LogP contribution >= 0.6 is 11.8 Å². The molecule has 1 aromatic carbocycles. The molecule has 0 radical (unpaired) electrons. The molecule has 1 fully saturated rings.